The lowest BCUT2D eigenvalue weighted by molar-refractivity contribution is -0.115. The van der Waals surface area contributed by atoms with Gasteiger partial charge in [0, 0.05) is 37.1 Å². The average Bonchev–Trinajstić information content (AvgIpc) is 2.83. The molecule has 1 saturated heterocycles. The molecule has 8 heteroatoms. The Morgan fingerprint density at radius 2 is 1.88 bits per heavy atom. The van der Waals surface area contributed by atoms with Crippen LogP contribution < -0.4 is 10.1 Å². The first-order valence-corrected chi connectivity index (χ1v) is 11.4. The van der Waals surface area contributed by atoms with Gasteiger partial charge in [0.2, 0.25) is 5.91 Å². The summed E-state index contributed by atoms with van der Waals surface area (Å²) in [5, 5.41) is 3.40. The SMILES string of the molecule is O=C(Cc1ccccc1Cl)Nc1cc(Cc2ccc(OCCN3CCOCC3)cc2)ncn1. The molecule has 0 saturated carbocycles. The minimum absolute atomic E-state index is 0.175. The number of carbonyl (C=O) groups excluding carboxylic acids is 1. The van der Waals surface area contributed by atoms with E-state index in [9.17, 15) is 4.79 Å². The van der Waals surface area contributed by atoms with Crippen LogP contribution in [0.2, 0.25) is 5.02 Å². The van der Waals surface area contributed by atoms with Crippen LogP contribution in [0.15, 0.2) is 60.9 Å². The summed E-state index contributed by atoms with van der Waals surface area (Å²) in [4.78, 5) is 23.2. The summed E-state index contributed by atoms with van der Waals surface area (Å²) in [5.74, 6) is 1.15. The molecule has 0 atom stereocenters. The Kier molecular flexibility index (Phi) is 8.24. The van der Waals surface area contributed by atoms with Crippen molar-refractivity contribution in [3.8, 4) is 5.75 Å². The van der Waals surface area contributed by atoms with Crippen LogP contribution in [0.1, 0.15) is 16.8 Å². The maximum atomic E-state index is 12.4. The topological polar surface area (TPSA) is 76.6 Å². The minimum atomic E-state index is -0.175. The summed E-state index contributed by atoms with van der Waals surface area (Å²) >= 11 is 6.14. The van der Waals surface area contributed by atoms with Crippen LogP contribution in [0.5, 0.6) is 5.75 Å². The standard InChI is InChI=1S/C25H27ClN4O3/c26-23-4-2-1-3-20(23)16-25(31)29-24-17-21(27-18-28-24)15-19-5-7-22(8-6-19)33-14-11-30-9-12-32-13-10-30/h1-8,17-18H,9-16H2,(H,27,28,29,31). The van der Waals surface area contributed by atoms with Gasteiger partial charge in [-0.3, -0.25) is 9.69 Å². The highest BCUT2D eigenvalue weighted by Gasteiger charge is 2.11. The fourth-order valence-electron chi connectivity index (χ4n) is 3.59. The molecule has 1 aromatic heterocycles. The van der Waals surface area contributed by atoms with E-state index in [0.717, 1.165) is 55.4 Å². The molecule has 2 heterocycles. The van der Waals surface area contributed by atoms with Gasteiger partial charge in [-0.15, -0.1) is 0 Å². The number of anilines is 1. The first kappa shape index (κ1) is 23.2. The molecule has 1 amide bonds. The van der Waals surface area contributed by atoms with Crippen LogP contribution >= 0.6 is 11.6 Å². The van der Waals surface area contributed by atoms with Gasteiger partial charge in [-0.05, 0) is 29.3 Å². The molecule has 0 radical (unpaired) electrons. The summed E-state index contributed by atoms with van der Waals surface area (Å²) in [6.07, 6.45) is 2.28. The van der Waals surface area contributed by atoms with Gasteiger partial charge in [0.1, 0.15) is 24.5 Å². The molecular formula is C25H27ClN4O3. The summed E-state index contributed by atoms with van der Waals surface area (Å²) in [7, 11) is 0. The molecule has 0 unspecified atom stereocenters. The smallest absolute Gasteiger partial charge is 0.230 e. The summed E-state index contributed by atoms with van der Waals surface area (Å²) < 4.78 is 11.2. The van der Waals surface area contributed by atoms with Gasteiger partial charge < -0.3 is 14.8 Å². The third-order valence-corrected chi connectivity index (χ3v) is 5.76. The minimum Gasteiger partial charge on any atom is -0.492 e. The molecule has 33 heavy (non-hydrogen) atoms. The van der Waals surface area contributed by atoms with Crippen molar-refractivity contribution in [2.45, 2.75) is 12.8 Å². The fraction of sp³-hybridized carbons (Fsp3) is 0.320. The molecular weight excluding hydrogens is 440 g/mol. The van der Waals surface area contributed by atoms with E-state index in [2.05, 4.69) is 20.2 Å². The van der Waals surface area contributed by atoms with Crippen LogP contribution in [-0.2, 0) is 22.4 Å². The van der Waals surface area contributed by atoms with Crippen LogP contribution in [0.25, 0.3) is 0 Å². The van der Waals surface area contributed by atoms with E-state index >= 15 is 0 Å². The number of amides is 1. The molecule has 7 nitrogen and oxygen atoms in total. The van der Waals surface area contributed by atoms with Crippen molar-refractivity contribution in [1.29, 1.82) is 0 Å². The molecule has 1 fully saturated rings. The van der Waals surface area contributed by atoms with Gasteiger partial charge in [0.15, 0.2) is 0 Å². The number of hydrogen-bond acceptors (Lipinski definition) is 6. The van der Waals surface area contributed by atoms with Crippen molar-refractivity contribution >= 4 is 23.3 Å². The summed E-state index contributed by atoms with van der Waals surface area (Å²) in [6.45, 7) is 5.07. The molecule has 2 aromatic carbocycles. The van der Waals surface area contributed by atoms with Crippen LogP contribution in [-0.4, -0.2) is 60.2 Å². The number of hydrogen-bond donors (Lipinski definition) is 1. The Hall–Kier alpha value is -3.00. The predicted octanol–water partition coefficient (Wildman–Crippen LogP) is 3.61. The Labute approximate surface area is 198 Å². The van der Waals surface area contributed by atoms with E-state index in [4.69, 9.17) is 21.1 Å². The molecule has 1 N–H and O–H groups in total. The van der Waals surface area contributed by atoms with Crippen molar-refractivity contribution < 1.29 is 14.3 Å². The van der Waals surface area contributed by atoms with Crippen LogP contribution in [0.4, 0.5) is 5.82 Å². The monoisotopic (exact) mass is 466 g/mol. The number of rotatable bonds is 9. The molecule has 3 aromatic rings. The first-order chi connectivity index (χ1) is 16.2. The quantitative estimate of drug-likeness (QED) is 0.519. The number of aromatic nitrogens is 2. The van der Waals surface area contributed by atoms with Gasteiger partial charge in [-0.25, -0.2) is 9.97 Å². The van der Waals surface area contributed by atoms with E-state index in [1.54, 1.807) is 12.1 Å². The Morgan fingerprint density at radius 1 is 1.09 bits per heavy atom. The van der Waals surface area contributed by atoms with E-state index in [1.165, 1.54) is 6.33 Å². The second-order valence-corrected chi connectivity index (χ2v) is 8.24. The second kappa shape index (κ2) is 11.7. The van der Waals surface area contributed by atoms with Crippen LogP contribution in [0, 0.1) is 0 Å². The van der Waals surface area contributed by atoms with Crippen LogP contribution in [0.3, 0.4) is 0 Å². The van der Waals surface area contributed by atoms with Gasteiger partial charge in [-0.1, -0.05) is 41.9 Å². The summed E-state index contributed by atoms with van der Waals surface area (Å²) in [6, 6.07) is 17.1. The summed E-state index contributed by atoms with van der Waals surface area (Å²) in [5.41, 5.74) is 2.69. The average molecular weight is 467 g/mol. The normalized spacial score (nSPS) is 14.1. The van der Waals surface area contributed by atoms with E-state index < -0.39 is 0 Å². The maximum absolute atomic E-state index is 12.4. The number of ether oxygens (including phenoxy) is 2. The number of nitrogens with one attached hydrogen (secondary N) is 1. The number of halogens is 1. The number of benzene rings is 2. The highest BCUT2D eigenvalue weighted by Crippen LogP contribution is 2.18. The van der Waals surface area contributed by atoms with E-state index in [1.807, 2.05) is 42.5 Å². The lowest BCUT2D eigenvalue weighted by atomic mass is 10.1. The number of morpholine rings is 1. The van der Waals surface area contributed by atoms with Gasteiger partial charge in [0.25, 0.3) is 0 Å². The van der Waals surface area contributed by atoms with Gasteiger partial charge in [0.05, 0.1) is 25.3 Å². The largest absolute Gasteiger partial charge is 0.492 e. The highest BCUT2D eigenvalue weighted by molar-refractivity contribution is 6.31. The van der Waals surface area contributed by atoms with Crippen molar-refractivity contribution in [3.05, 3.63) is 82.8 Å². The second-order valence-electron chi connectivity index (χ2n) is 7.83. The van der Waals surface area contributed by atoms with E-state index in [-0.39, 0.29) is 12.3 Å². The molecule has 172 valence electrons. The maximum Gasteiger partial charge on any atom is 0.230 e. The van der Waals surface area contributed by atoms with Crippen molar-refractivity contribution in [3.63, 3.8) is 0 Å². The third kappa shape index (κ3) is 7.25. The lowest BCUT2D eigenvalue weighted by Crippen LogP contribution is -2.38. The van der Waals surface area contributed by atoms with Gasteiger partial charge in [-0.2, -0.15) is 0 Å². The molecule has 0 bridgehead atoms. The third-order valence-electron chi connectivity index (χ3n) is 5.39. The molecule has 0 spiro atoms. The Bertz CT molecular complexity index is 1060. The molecule has 1 aliphatic heterocycles. The zero-order valence-electron chi connectivity index (χ0n) is 18.4. The lowest BCUT2D eigenvalue weighted by Gasteiger charge is -2.26. The van der Waals surface area contributed by atoms with E-state index in [0.29, 0.717) is 23.9 Å². The Morgan fingerprint density at radius 3 is 2.67 bits per heavy atom. The van der Waals surface area contributed by atoms with Crippen molar-refractivity contribution in [2.75, 3.05) is 44.8 Å². The van der Waals surface area contributed by atoms with Crippen molar-refractivity contribution in [1.82, 2.24) is 14.9 Å². The Balaban J connectivity index is 1.27. The van der Waals surface area contributed by atoms with Crippen molar-refractivity contribution in [2.24, 2.45) is 0 Å². The number of nitrogens with zero attached hydrogens (tertiary/aromatic N) is 3. The molecule has 0 aliphatic carbocycles. The molecule has 4 rings (SSSR count). The zero-order valence-corrected chi connectivity index (χ0v) is 19.1. The van der Waals surface area contributed by atoms with Gasteiger partial charge >= 0.3 is 0 Å². The number of carbonyl (C=O) groups is 1. The molecule has 1 aliphatic rings. The first-order valence-electron chi connectivity index (χ1n) is 11.0. The predicted molar refractivity (Wildman–Crippen MR) is 128 cm³/mol. The highest BCUT2D eigenvalue weighted by atomic mass is 35.5. The fourth-order valence-corrected chi connectivity index (χ4v) is 3.80. The zero-order chi connectivity index (χ0) is 22.9.